The van der Waals surface area contributed by atoms with E-state index in [4.69, 9.17) is 4.74 Å². The molecular formula is C21H26N2O. The molecule has 2 fully saturated rings. The van der Waals surface area contributed by atoms with Crippen molar-refractivity contribution in [1.29, 1.82) is 0 Å². The second kappa shape index (κ2) is 7.47. The first-order valence-corrected chi connectivity index (χ1v) is 9.08. The van der Waals surface area contributed by atoms with Crippen LogP contribution in [0.4, 0.5) is 0 Å². The standard InChI is InChI=1S/C21H26N2O/c1-3-7-17(8-4-1)21(18-9-5-2-6-10-18)24-14-13-23-15-19-11-12-20(16-23)22-19/h1-10,19-22H,11-16H2/t19-,20+. The predicted octanol–water partition coefficient (Wildman–Crippen LogP) is 3.23. The normalized spacial score (nSPS) is 23.7. The van der Waals surface area contributed by atoms with Crippen LogP contribution < -0.4 is 5.32 Å². The number of likely N-dealkylation sites (tertiary alicyclic amines) is 1. The van der Waals surface area contributed by atoms with Gasteiger partial charge in [0.15, 0.2) is 0 Å². The number of nitrogens with zero attached hydrogens (tertiary/aromatic N) is 1. The third kappa shape index (κ3) is 3.69. The van der Waals surface area contributed by atoms with Gasteiger partial charge in [-0.2, -0.15) is 0 Å². The average molecular weight is 322 g/mol. The Morgan fingerprint density at radius 2 is 1.42 bits per heavy atom. The van der Waals surface area contributed by atoms with Gasteiger partial charge in [0.2, 0.25) is 0 Å². The van der Waals surface area contributed by atoms with Crippen LogP contribution in [0.1, 0.15) is 30.1 Å². The van der Waals surface area contributed by atoms with Gasteiger partial charge in [0, 0.05) is 31.7 Å². The molecule has 1 N–H and O–H groups in total. The van der Waals surface area contributed by atoms with Gasteiger partial charge in [-0.1, -0.05) is 60.7 Å². The van der Waals surface area contributed by atoms with E-state index in [1.165, 1.54) is 37.1 Å². The SMILES string of the molecule is c1ccc(C(OCCN2C[C@H]3CC[C@@H](C2)N3)c2ccccc2)cc1. The highest BCUT2D eigenvalue weighted by atomic mass is 16.5. The zero-order valence-electron chi connectivity index (χ0n) is 14.1. The molecule has 2 saturated heterocycles. The molecule has 0 aromatic heterocycles. The number of hydrogen-bond acceptors (Lipinski definition) is 3. The van der Waals surface area contributed by atoms with Crippen molar-refractivity contribution in [1.82, 2.24) is 10.2 Å². The Morgan fingerprint density at radius 1 is 0.875 bits per heavy atom. The summed E-state index contributed by atoms with van der Waals surface area (Å²) in [5.41, 5.74) is 2.45. The first-order chi connectivity index (χ1) is 11.9. The van der Waals surface area contributed by atoms with Crippen LogP contribution in [0.2, 0.25) is 0 Å². The van der Waals surface area contributed by atoms with Gasteiger partial charge in [0.05, 0.1) is 6.61 Å². The molecule has 24 heavy (non-hydrogen) atoms. The molecule has 0 radical (unpaired) electrons. The fourth-order valence-electron chi connectivity index (χ4n) is 4.01. The summed E-state index contributed by atoms with van der Waals surface area (Å²) in [5.74, 6) is 0. The molecule has 3 nitrogen and oxygen atoms in total. The van der Waals surface area contributed by atoms with Crippen molar-refractivity contribution in [3.63, 3.8) is 0 Å². The Morgan fingerprint density at radius 3 is 1.96 bits per heavy atom. The topological polar surface area (TPSA) is 24.5 Å². The van der Waals surface area contributed by atoms with Crippen LogP contribution in [0, 0.1) is 0 Å². The van der Waals surface area contributed by atoms with Crippen molar-refractivity contribution in [2.75, 3.05) is 26.2 Å². The third-order valence-electron chi connectivity index (χ3n) is 5.19. The summed E-state index contributed by atoms with van der Waals surface area (Å²) < 4.78 is 6.35. The maximum Gasteiger partial charge on any atom is 0.108 e. The molecule has 0 spiro atoms. The van der Waals surface area contributed by atoms with Gasteiger partial charge in [-0.25, -0.2) is 0 Å². The number of ether oxygens (including phenoxy) is 1. The molecule has 0 amide bonds. The fraction of sp³-hybridized carbons (Fsp3) is 0.429. The summed E-state index contributed by atoms with van der Waals surface area (Å²) in [6.07, 6.45) is 2.68. The van der Waals surface area contributed by atoms with Crippen LogP contribution in [0.5, 0.6) is 0 Å². The highest BCUT2D eigenvalue weighted by Crippen LogP contribution is 2.26. The van der Waals surface area contributed by atoms with Crippen molar-refractivity contribution in [3.8, 4) is 0 Å². The van der Waals surface area contributed by atoms with E-state index in [-0.39, 0.29) is 6.10 Å². The van der Waals surface area contributed by atoms with Crippen LogP contribution in [0.3, 0.4) is 0 Å². The Labute approximate surface area is 144 Å². The Hall–Kier alpha value is -1.68. The van der Waals surface area contributed by atoms with E-state index < -0.39 is 0 Å². The molecule has 4 rings (SSSR count). The average Bonchev–Trinajstić information content (AvgIpc) is 2.98. The highest BCUT2D eigenvalue weighted by Gasteiger charge is 2.31. The van der Waals surface area contributed by atoms with Crippen molar-refractivity contribution >= 4 is 0 Å². The molecular weight excluding hydrogens is 296 g/mol. The van der Waals surface area contributed by atoms with Crippen LogP contribution in [-0.4, -0.2) is 43.2 Å². The van der Waals surface area contributed by atoms with Crippen LogP contribution in [0.15, 0.2) is 60.7 Å². The van der Waals surface area contributed by atoms with E-state index in [0.717, 1.165) is 13.2 Å². The van der Waals surface area contributed by atoms with E-state index in [2.05, 4.69) is 70.9 Å². The zero-order valence-corrected chi connectivity index (χ0v) is 14.1. The molecule has 2 aromatic carbocycles. The van der Waals surface area contributed by atoms with Gasteiger partial charge < -0.3 is 10.1 Å². The summed E-state index contributed by atoms with van der Waals surface area (Å²) in [7, 11) is 0. The van der Waals surface area contributed by atoms with Crippen molar-refractivity contribution in [2.24, 2.45) is 0 Å². The van der Waals surface area contributed by atoms with E-state index in [9.17, 15) is 0 Å². The summed E-state index contributed by atoms with van der Waals surface area (Å²) in [4.78, 5) is 2.56. The minimum Gasteiger partial charge on any atom is -0.367 e. The molecule has 0 aliphatic carbocycles. The van der Waals surface area contributed by atoms with Crippen LogP contribution in [-0.2, 0) is 4.74 Å². The Kier molecular flexibility index (Phi) is 4.93. The van der Waals surface area contributed by atoms with E-state index >= 15 is 0 Å². The first kappa shape index (κ1) is 15.8. The van der Waals surface area contributed by atoms with E-state index in [1.807, 2.05) is 0 Å². The van der Waals surface area contributed by atoms with E-state index in [1.54, 1.807) is 0 Å². The second-order valence-corrected chi connectivity index (χ2v) is 6.97. The van der Waals surface area contributed by atoms with Crippen molar-refractivity contribution < 1.29 is 4.74 Å². The molecule has 2 aliphatic rings. The fourth-order valence-corrected chi connectivity index (χ4v) is 4.01. The molecule has 2 heterocycles. The van der Waals surface area contributed by atoms with Gasteiger partial charge in [0.1, 0.15) is 6.10 Å². The monoisotopic (exact) mass is 322 g/mol. The molecule has 2 bridgehead atoms. The third-order valence-corrected chi connectivity index (χ3v) is 5.19. The van der Waals surface area contributed by atoms with E-state index in [0.29, 0.717) is 12.1 Å². The molecule has 126 valence electrons. The van der Waals surface area contributed by atoms with Crippen LogP contribution in [0.25, 0.3) is 0 Å². The number of hydrogen-bond donors (Lipinski definition) is 1. The quantitative estimate of drug-likeness (QED) is 0.884. The minimum absolute atomic E-state index is 0.0204. The van der Waals surface area contributed by atoms with Crippen LogP contribution >= 0.6 is 0 Å². The smallest absolute Gasteiger partial charge is 0.108 e. The minimum atomic E-state index is 0.0204. The number of piperazine rings is 1. The Balaban J connectivity index is 1.39. The lowest BCUT2D eigenvalue weighted by Gasteiger charge is -2.33. The summed E-state index contributed by atoms with van der Waals surface area (Å²) in [6, 6.07) is 22.5. The lowest BCUT2D eigenvalue weighted by Crippen LogP contribution is -2.51. The summed E-state index contributed by atoms with van der Waals surface area (Å²) >= 11 is 0. The molecule has 0 unspecified atom stereocenters. The molecule has 0 saturated carbocycles. The lowest BCUT2D eigenvalue weighted by atomic mass is 10.0. The van der Waals surface area contributed by atoms with Gasteiger partial charge in [-0.15, -0.1) is 0 Å². The zero-order chi connectivity index (χ0) is 16.2. The summed E-state index contributed by atoms with van der Waals surface area (Å²) in [6.45, 7) is 4.13. The van der Waals surface area contributed by atoms with Gasteiger partial charge >= 0.3 is 0 Å². The van der Waals surface area contributed by atoms with Crippen molar-refractivity contribution in [3.05, 3.63) is 71.8 Å². The molecule has 2 aromatic rings. The Bertz CT molecular complexity index is 579. The largest absolute Gasteiger partial charge is 0.367 e. The molecule has 2 aliphatic heterocycles. The van der Waals surface area contributed by atoms with Gasteiger partial charge in [-0.05, 0) is 24.0 Å². The van der Waals surface area contributed by atoms with Crippen molar-refractivity contribution in [2.45, 2.75) is 31.0 Å². The highest BCUT2D eigenvalue weighted by molar-refractivity contribution is 5.29. The second-order valence-electron chi connectivity index (χ2n) is 6.97. The molecule has 2 atom stereocenters. The molecule has 3 heteroatoms. The maximum absolute atomic E-state index is 6.35. The number of rotatable bonds is 6. The summed E-state index contributed by atoms with van der Waals surface area (Å²) in [5, 5.41) is 3.69. The first-order valence-electron chi connectivity index (χ1n) is 9.08. The number of nitrogens with one attached hydrogen (secondary N) is 1. The lowest BCUT2D eigenvalue weighted by molar-refractivity contribution is 0.0525. The van der Waals surface area contributed by atoms with Gasteiger partial charge in [-0.3, -0.25) is 4.90 Å². The number of fused-ring (bicyclic) bond motifs is 2. The predicted molar refractivity (Wildman–Crippen MR) is 97.1 cm³/mol. The number of benzene rings is 2. The van der Waals surface area contributed by atoms with Gasteiger partial charge in [0.25, 0.3) is 0 Å². The maximum atomic E-state index is 6.35.